The van der Waals surface area contributed by atoms with E-state index in [1.54, 1.807) is 0 Å². The van der Waals surface area contributed by atoms with E-state index in [2.05, 4.69) is 68.2 Å². The molecule has 2 unspecified atom stereocenters. The zero-order chi connectivity index (χ0) is 13.9. The molecule has 0 aromatic heterocycles. The van der Waals surface area contributed by atoms with Gasteiger partial charge in [-0.3, -0.25) is 4.90 Å². The zero-order valence-corrected chi connectivity index (χ0v) is 12.9. The first-order valence-corrected chi connectivity index (χ1v) is 7.60. The van der Waals surface area contributed by atoms with Gasteiger partial charge in [-0.1, -0.05) is 44.2 Å². The molecule has 0 radical (unpaired) electrons. The molecule has 1 aliphatic rings. The van der Waals surface area contributed by atoms with Gasteiger partial charge in [0, 0.05) is 18.6 Å². The number of nitrogens with one attached hydrogen (secondary N) is 1. The molecule has 1 aliphatic heterocycles. The number of hydrogen-bond donors (Lipinski definition) is 1. The third kappa shape index (κ3) is 2.85. The molecule has 2 rings (SSSR count). The summed E-state index contributed by atoms with van der Waals surface area (Å²) in [4.78, 5) is 2.67. The molecular weight excluding hydrogens is 232 g/mol. The quantitative estimate of drug-likeness (QED) is 0.893. The van der Waals surface area contributed by atoms with Crippen LogP contribution in [0.15, 0.2) is 30.3 Å². The molecule has 2 atom stereocenters. The van der Waals surface area contributed by atoms with Gasteiger partial charge in [-0.05, 0) is 38.8 Å². The van der Waals surface area contributed by atoms with Gasteiger partial charge in [0.05, 0.1) is 5.54 Å². The van der Waals surface area contributed by atoms with Gasteiger partial charge >= 0.3 is 0 Å². The summed E-state index contributed by atoms with van der Waals surface area (Å²) in [6.07, 6.45) is 2.39. The van der Waals surface area contributed by atoms with Crippen molar-refractivity contribution in [3.8, 4) is 0 Å². The maximum Gasteiger partial charge on any atom is 0.0558 e. The molecule has 0 saturated carbocycles. The maximum atomic E-state index is 3.78. The molecule has 106 valence electrons. The van der Waals surface area contributed by atoms with Crippen LogP contribution in [0.25, 0.3) is 0 Å². The number of piperazine rings is 1. The highest BCUT2D eigenvalue weighted by molar-refractivity contribution is 5.26. The van der Waals surface area contributed by atoms with Crippen LogP contribution < -0.4 is 5.32 Å². The van der Waals surface area contributed by atoms with E-state index in [9.17, 15) is 0 Å². The van der Waals surface area contributed by atoms with Crippen molar-refractivity contribution >= 4 is 0 Å². The van der Waals surface area contributed by atoms with Crippen LogP contribution in [0.5, 0.6) is 0 Å². The summed E-state index contributed by atoms with van der Waals surface area (Å²) in [5, 5.41) is 3.78. The lowest BCUT2D eigenvalue weighted by Gasteiger charge is -2.52. The lowest BCUT2D eigenvalue weighted by molar-refractivity contribution is 0.0169. The summed E-state index contributed by atoms with van der Waals surface area (Å²) in [5.74, 6) is 0. The molecule has 1 N–H and O–H groups in total. The van der Waals surface area contributed by atoms with Crippen molar-refractivity contribution in [1.82, 2.24) is 10.2 Å². The molecule has 0 aliphatic carbocycles. The van der Waals surface area contributed by atoms with Crippen LogP contribution in [0.3, 0.4) is 0 Å². The minimum Gasteiger partial charge on any atom is -0.308 e. The predicted molar refractivity (Wildman–Crippen MR) is 82.4 cm³/mol. The standard InChI is InChI=1S/C17H28N2/c1-5-12-19-14-16(3,6-2)18-13-17(19,4)15-10-8-7-9-11-15/h7-11,18H,5-6,12-14H2,1-4H3. The van der Waals surface area contributed by atoms with E-state index >= 15 is 0 Å². The van der Waals surface area contributed by atoms with Gasteiger partial charge in [-0.15, -0.1) is 0 Å². The third-order valence-corrected chi connectivity index (χ3v) is 4.77. The summed E-state index contributed by atoms with van der Waals surface area (Å²) in [5.41, 5.74) is 1.80. The van der Waals surface area contributed by atoms with E-state index in [1.165, 1.54) is 24.9 Å². The number of hydrogen-bond acceptors (Lipinski definition) is 2. The summed E-state index contributed by atoms with van der Waals surface area (Å²) >= 11 is 0. The van der Waals surface area contributed by atoms with E-state index < -0.39 is 0 Å². The Balaban J connectivity index is 2.29. The second-order valence-corrected chi connectivity index (χ2v) is 6.33. The Morgan fingerprint density at radius 2 is 1.84 bits per heavy atom. The van der Waals surface area contributed by atoms with Crippen LogP contribution in [-0.2, 0) is 5.54 Å². The largest absolute Gasteiger partial charge is 0.308 e. The molecule has 2 nitrogen and oxygen atoms in total. The third-order valence-electron chi connectivity index (χ3n) is 4.77. The molecule has 1 saturated heterocycles. The first kappa shape index (κ1) is 14.5. The Morgan fingerprint density at radius 3 is 2.42 bits per heavy atom. The molecule has 0 bridgehead atoms. The monoisotopic (exact) mass is 260 g/mol. The minimum absolute atomic E-state index is 0.117. The van der Waals surface area contributed by atoms with Crippen molar-refractivity contribution in [1.29, 1.82) is 0 Å². The molecule has 19 heavy (non-hydrogen) atoms. The molecule has 2 heteroatoms. The first-order valence-electron chi connectivity index (χ1n) is 7.60. The number of benzene rings is 1. The Morgan fingerprint density at radius 1 is 1.16 bits per heavy atom. The summed E-state index contributed by atoms with van der Waals surface area (Å²) in [6, 6.07) is 10.9. The van der Waals surface area contributed by atoms with Crippen LogP contribution in [0.1, 0.15) is 46.1 Å². The topological polar surface area (TPSA) is 15.3 Å². The summed E-state index contributed by atoms with van der Waals surface area (Å²) < 4.78 is 0. The molecule has 1 aromatic rings. The highest BCUT2D eigenvalue weighted by Crippen LogP contribution is 2.34. The lowest BCUT2D eigenvalue weighted by atomic mass is 9.82. The fourth-order valence-electron chi connectivity index (χ4n) is 3.06. The van der Waals surface area contributed by atoms with E-state index in [0.717, 1.165) is 13.1 Å². The minimum atomic E-state index is 0.117. The van der Waals surface area contributed by atoms with E-state index in [4.69, 9.17) is 0 Å². The average molecular weight is 260 g/mol. The van der Waals surface area contributed by atoms with Gasteiger partial charge in [0.15, 0.2) is 0 Å². The molecule has 1 heterocycles. The van der Waals surface area contributed by atoms with Crippen molar-refractivity contribution in [2.75, 3.05) is 19.6 Å². The highest BCUT2D eigenvalue weighted by atomic mass is 15.3. The van der Waals surface area contributed by atoms with Crippen molar-refractivity contribution in [2.24, 2.45) is 0 Å². The number of nitrogens with zero attached hydrogens (tertiary/aromatic N) is 1. The first-order chi connectivity index (χ1) is 9.04. The van der Waals surface area contributed by atoms with Crippen LogP contribution in [0.2, 0.25) is 0 Å². The highest BCUT2D eigenvalue weighted by Gasteiger charge is 2.42. The fraction of sp³-hybridized carbons (Fsp3) is 0.647. The van der Waals surface area contributed by atoms with Gasteiger partial charge in [0.1, 0.15) is 0 Å². The van der Waals surface area contributed by atoms with Gasteiger partial charge in [0.2, 0.25) is 0 Å². The Kier molecular flexibility index (Phi) is 4.32. The predicted octanol–water partition coefficient (Wildman–Crippen LogP) is 3.39. The van der Waals surface area contributed by atoms with E-state index in [-0.39, 0.29) is 11.1 Å². The van der Waals surface area contributed by atoms with Crippen LogP contribution >= 0.6 is 0 Å². The maximum absolute atomic E-state index is 3.78. The van der Waals surface area contributed by atoms with Gasteiger partial charge in [-0.25, -0.2) is 0 Å². The lowest BCUT2D eigenvalue weighted by Crippen LogP contribution is -2.66. The van der Waals surface area contributed by atoms with Crippen molar-refractivity contribution in [3.63, 3.8) is 0 Å². The molecule has 0 spiro atoms. The summed E-state index contributed by atoms with van der Waals surface area (Å²) in [7, 11) is 0. The molecule has 1 aromatic carbocycles. The smallest absolute Gasteiger partial charge is 0.0558 e. The van der Waals surface area contributed by atoms with Crippen molar-refractivity contribution in [2.45, 2.75) is 51.6 Å². The zero-order valence-electron chi connectivity index (χ0n) is 12.9. The molecule has 0 amide bonds. The van der Waals surface area contributed by atoms with Gasteiger partial charge in [-0.2, -0.15) is 0 Å². The van der Waals surface area contributed by atoms with Crippen LogP contribution in [0.4, 0.5) is 0 Å². The molecule has 1 fully saturated rings. The van der Waals surface area contributed by atoms with E-state index in [1.807, 2.05) is 0 Å². The van der Waals surface area contributed by atoms with Crippen molar-refractivity contribution in [3.05, 3.63) is 35.9 Å². The van der Waals surface area contributed by atoms with Gasteiger partial charge in [0.25, 0.3) is 0 Å². The summed E-state index contributed by atoms with van der Waals surface area (Å²) in [6.45, 7) is 12.6. The SMILES string of the molecule is CCCN1CC(C)(CC)NCC1(C)c1ccccc1. The Bertz CT molecular complexity index is 403. The molecular formula is C17H28N2. The van der Waals surface area contributed by atoms with E-state index in [0.29, 0.717) is 0 Å². The Labute approximate surface area is 118 Å². The fourth-order valence-corrected chi connectivity index (χ4v) is 3.06. The average Bonchev–Trinajstić information content (AvgIpc) is 2.45. The number of rotatable bonds is 4. The normalized spacial score (nSPS) is 32.4. The Hall–Kier alpha value is -0.860. The van der Waals surface area contributed by atoms with Crippen molar-refractivity contribution < 1.29 is 0 Å². The second kappa shape index (κ2) is 5.64. The second-order valence-electron chi connectivity index (χ2n) is 6.33. The van der Waals surface area contributed by atoms with Crippen LogP contribution in [-0.4, -0.2) is 30.1 Å². The van der Waals surface area contributed by atoms with Gasteiger partial charge < -0.3 is 5.32 Å². The van der Waals surface area contributed by atoms with Crippen LogP contribution in [0, 0.1) is 0 Å².